The molecule has 1 aliphatic rings. The maximum Gasteiger partial charge on any atom is 0.315 e. The highest BCUT2D eigenvalue weighted by molar-refractivity contribution is 5.74. The molecule has 7 nitrogen and oxygen atoms in total. The van der Waals surface area contributed by atoms with E-state index in [1.54, 1.807) is 26.4 Å². The normalized spacial score (nSPS) is 15.0. The lowest BCUT2D eigenvalue weighted by molar-refractivity contribution is 0.234. The van der Waals surface area contributed by atoms with Gasteiger partial charge in [-0.3, -0.25) is 0 Å². The summed E-state index contributed by atoms with van der Waals surface area (Å²) in [7, 11) is 1.58. The number of amides is 2. The van der Waals surface area contributed by atoms with Crippen LogP contribution in [0.25, 0.3) is 0 Å². The zero-order valence-corrected chi connectivity index (χ0v) is 13.2. The van der Waals surface area contributed by atoms with E-state index >= 15 is 0 Å². The second-order valence-corrected chi connectivity index (χ2v) is 5.62. The first-order valence-electron chi connectivity index (χ1n) is 7.61. The number of carbonyl (C=O) groups is 1. The number of ether oxygens (including phenoxy) is 1. The topological polar surface area (TPSA) is 89.3 Å². The number of urea groups is 1. The van der Waals surface area contributed by atoms with Crippen LogP contribution in [0.2, 0.25) is 0 Å². The van der Waals surface area contributed by atoms with Gasteiger partial charge in [0.15, 0.2) is 5.89 Å². The van der Waals surface area contributed by atoms with Crippen LogP contribution in [0.15, 0.2) is 28.9 Å². The molecule has 1 aliphatic carbocycles. The van der Waals surface area contributed by atoms with Crippen molar-refractivity contribution in [3.05, 3.63) is 41.7 Å². The highest BCUT2D eigenvalue weighted by Crippen LogP contribution is 2.40. The lowest BCUT2D eigenvalue weighted by Crippen LogP contribution is -2.38. The van der Waals surface area contributed by atoms with Crippen LogP contribution in [-0.4, -0.2) is 23.1 Å². The summed E-state index contributed by atoms with van der Waals surface area (Å²) in [5.41, 5.74) is 0.985. The van der Waals surface area contributed by atoms with Gasteiger partial charge >= 0.3 is 6.03 Å². The van der Waals surface area contributed by atoms with Crippen molar-refractivity contribution in [2.75, 3.05) is 7.11 Å². The summed E-state index contributed by atoms with van der Waals surface area (Å²) >= 11 is 0. The third kappa shape index (κ3) is 4.00. The van der Waals surface area contributed by atoms with Gasteiger partial charge in [0.25, 0.3) is 0 Å². The molecular formula is C16H20N4O3. The fraction of sp³-hybridized carbons (Fsp3) is 0.438. The maximum absolute atomic E-state index is 12.1. The molecule has 1 unspecified atom stereocenters. The Balaban J connectivity index is 1.59. The molecule has 0 radical (unpaired) electrons. The minimum Gasteiger partial charge on any atom is -0.481 e. The van der Waals surface area contributed by atoms with Gasteiger partial charge in [0.05, 0.1) is 25.9 Å². The fourth-order valence-corrected chi connectivity index (χ4v) is 2.45. The summed E-state index contributed by atoms with van der Waals surface area (Å²) in [5.74, 6) is 2.24. The van der Waals surface area contributed by atoms with Gasteiger partial charge < -0.3 is 19.8 Å². The molecule has 23 heavy (non-hydrogen) atoms. The van der Waals surface area contributed by atoms with Gasteiger partial charge in [0.1, 0.15) is 5.76 Å². The molecule has 2 N–H and O–H groups in total. The summed E-state index contributed by atoms with van der Waals surface area (Å²) in [6, 6.07) is 3.48. The molecule has 2 heterocycles. The van der Waals surface area contributed by atoms with E-state index in [0.29, 0.717) is 30.0 Å². The van der Waals surface area contributed by atoms with Gasteiger partial charge in [0.2, 0.25) is 5.88 Å². The average Bonchev–Trinajstić information content (AvgIpc) is 3.32. The number of aryl methyl sites for hydroxylation is 1. The number of carbonyl (C=O) groups excluding carboxylic acids is 1. The Labute approximate surface area is 134 Å². The van der Waals surface area contributed by atoms with Crippen molar-refractivity contribution in [2.24, 2.45) is 5.92 Å². The Morgan fingerprint density at radius 2 is 2.22 bits per heavy atom. The van der Waals surface area contributed by atoms with Gasteiger partial charge in [-0.05, 0) is 24.3 Å². The van der Waals surface area contributed by atoms with Crippen molar-refractivity contribution in [3.8, 4) is 5.88 Å². The molecule has 1 saturated carbocycles. The van der Waals surface area contributed by atoms with Crippen LogP contribution >= 0.6 is 0 Å². The molecule has 1 atom stereocenters. The molecule has 0 aliphatic heterocycles. The lowest BCUT2D eigenvalue weighted by Gasteiger charge is -2.19. The molecule has 2 aromatic heterocycles. The van der Waals surface area contributed by atoms with Crippen LogP contribution in [0.3, 0.4) is 0 Å². The lowest BCUT2D eigenvalue weighted by atomic mass is 10.0. The van der Waals surface area contributed by atoms with Gasteiger partial charge in [-0.25, -0.2) is 14.8 Å². The standard InChI is InChI=1S/C16H20N4O3/c1-10-17-8-13(23-10)9-19-16(21)20-15(11-3-4-11)12-5-6-14(22-2)18-7-12/h5-8,11,15H,3-4,9H2,1-2H3,(H2,19,20,21). The third-order valence-electron chi connectivity index (χ3n) is 3.80. The Hall–Kier alpha value is -2.57. The Morgan fingerprint density at radius 1 is 1.39 bits per heavy atom. The van der Waals surface area contributed by atoms with Crippen LogP contribution in [0.1, 0.15) is 36.1 Å². The first kappa shape index (κ1) is 15.3. The number of nitrogens with zero attached hydrogens (tertiary/aromatic N) is 2. The Morgan fingerprint density at radius 3 is 2.78 bits per heavy atom. The number of aromatic nitrogens is 2. The summed E-state index contributed by atoms with van der Waals surface area (Å²) in [6.45, 7) is 2.08. The smallest absolute Gasteiger partial charge is 0.315 e. The Bertz CT molecular complexity index is 664. The van der Waals surface area contributed by atoms with E-state index in [2.05, 4.69) is 20.6 Å². The number of hydrogen-bond donors (Lipinski definition) is 2. The largest absolute Gasteiger partial charge is 0.481 e. The molecule has 0 spiro atoms. The molecule has 3 rings (SSSR count). The maximum atomic E-state index is 12.1. The second-order valence-electron chi connectivity index (χ2n) is 5.62. The predicted octanol–water partition coefficient (Wildman–Crippen LogP) is 2.34. The van der Waals surface area contributed by atoms with Gasteiger partial charge in [-0.1, -0.05) is 6.07 Å². The van der Waals surface area contributed by atoms with Crippen LogP contribution in [0.4, 0.5) is 4.79 Å². The molecule has 122 valence electrons. The number of pyridine rings is 1. The van der Waals surface area contributed by atoms with Crippen LogP contribution in [0, 0.1) is 12.8 Å². The average molecular weight is 316 g/mol. The summed E-state index contributed by atoms with van der Waals surface area (Å²) in [4.78, 5) is 20.3. The quantitative estimate of drug-likeness (QED) is 0.854. The van der Waals surface area contributed by atoms with Crippen LogP contribution in [0.5, 0.6) is 5.88 Å². The van der Waals surface area contributed by atoms with Gasteiger partial charge in [-0.2, -0.15) is 0 Å². The molecule has 2 amide bonds. The Kier molecular flexibility index (Phi) is 4.45. The van der Waals surface area contributed by atoms with E-state index in [-0.39, 0.29) is 12.1 Å². The third-order valence-corrected chi connectivity index (χ3v) is 3.80. The first-order valence-corrected chi connectivity index (χ1v) is 7.61. The number of nitrogens with one attached hydrogen (secondary N) is 2. The zero-order chi connectivity index (χ0) is 16.2. The van der Waals surface area contributed by atoms with E-state index < -0.39 is 0 Å². The van der Waals surface area contributed by atoms with Gasteiger partial charge in [0, 0.05) is 19.2 Å². The van der Waals surface area contributed by atoms with Crippen molar-refractivity contribution >= 4 is 6.03 Å². The molecule has 0 saturated heterocycles. The summed E-state index contributed by atoms with van der Waals surface area (Å²) < 4.78 is 10.4. The van der Waals surface area contributed by atoms with Crippen LogP contribution in [-0.2, 0) is 6.54 Å². The minimum absolute atomic E-state index is 0.0372. The van der Waals surface area contributed by atoms with E-state index in [4.69, 9.17) is 9.15 Å². The van der Waals surface area contributed by atoms with Crippen molar-refractivity contribution in [1.29, 1.82) is 0 Å². The molecule has 2 aromatic rings. The van der Waals surface area contributed by atoms with E-state index in [0.717, 1.165) is 18.4 Å². The molecule has 1 fully saturated rings. The highest BCUT2D eigenvalue weighted by Gasteiger charge is 2.33. The predicted molar refractivity (Wildman–Crippen MR) is 82.9 cm³/mol. The van der Waals surface area contributed by atoms with Crippen molar-refractivity contribution in [3.63, 3.8) is 0 Å². The first-order chi connectivity index (χ1) is 11.2. The SMILES string of the molecule is COc1ccc(C(NC(=O)NCc2cnc(C)o2)C2CC2)cn1. The number of methoxy groups -OCH3 is 1. The van der Waals surface area contributed by atoms with E-state index in [1.807, 2.05) is 12.1 Å². The van der Waals surface area contributed by atoms with Gasteiger partial charge in [-0.15, -0.1) is 0 Å². The summed E-state index contributed by atoms with van der Waals surface area (Å²) in [6.07, 6.45) is 5.58. The summed E-state index contributed by atoms with van der Waals surface area (Å²) in [5, 5.41) is 5.81. The number of rotatable bonds is 6. The zero-order valence-electron chi connectivity index (χ0n) is 13.2. The molecular weight excluding hydrogens is 296 g/mol. The van der Waals surface area contributed by atoms with Crippen molar-refractivity contribution in [1.82, 2.24) is 20.6 Å². The van der Waals surface area contributed by atoms with Crippen molar-refractivity contribution < 1.29 is 13.9 Å². The molecule has 7 heteroatoms. The number of oxazole rings is 1. The minimum atomic E-state index is -0.230. The van der Waals surface area contributed by atoms with Crippen LogP contribution < -0.4 is 15.4 Å². The van der Waals surface area contributed by atoms with E-state index in [9.17, 15) is 4.79 Å². The highest BCUT2D eigenvalue weighted by atomic mass is 16.5. The molecule has 0 aromatic carbocycles. The second kappa shape index (κ2) is 6.68. The van der Waals surface area contributed by atoms with E-state index in [1.165, 1.54) is 0 Å². The van der Waals surface area contributed by atoms with Crippen molar-refractivity contribution in [2.45, 2.75) is 32.4 Å². The monoisotopic (exact) mass is 316 g/mol. The number of hydrogen-bond acceptors (Lipinski definition) is 5. The fourth-order valence-electron chi connectivity index (χ4n) is 2.45. The molecule has 0 bridgehead atoms.